The quantitative estimate of drug-likeness (QED) is 0.780. The van der Waals surface area contributed by atoms with Gasteiger partial charge in [-0.1, -0.05) is 6.92 Å². The van der Waals surface area contributed by atoms with Crippen LogP contribution >= 0.6 is 0 Å². The van der Waals surface area contributed by atoms with E-state index in [4.69, 9.17) is 0 Å². The van der Waals surface area contributed by atoms with Crippen LogP contribution in [0.4, 0.5) is 0 Å². The van der Waals surface area contributed by atoms with Gasteiger partial charge in [0.05, 0.1) is 13.6 Å². The normalized spacial score (nSPS) is 10.9. The summed E-state index contributed by atoms with van der Waals surface area (Å²) in [7, 11) is 1.77. The van der Waals surface area contributed by atoms with E-state index in [1.165, 1.54) is 10.4 Å². The van der Waals surface area contributed by atoms with Crippen molar-refractivity contribution in [2.45, 2.75) is 20.0 Å². The van der Waals surface area contributed by atoms with Crippen LogP contribution in [0.25, 0.3) is 0 Å². The van der Waals surface area contributed by atoms with Crippen LogP contribution in [0, 0.1) is 0 Å². The zero-order valence-electron chi connectivity index (χ0n) is 9.59. The summed E-state index contributed by atoms with van der Waals surface area (Å²) in [5, 5.41) is 15.2. The van der Waals surface area contributed by atoms with E-state index in [1.807, 2.05) is 6.20 Å². The largest absolute Gasteiger partial charge is 0.346 e. The van der Waals surface area contributed by atoms with E-state index in [0.717, 1.165) is 18.9 Å². The minimum Gasteiger partial charge on any atom is -0.346 e. The summed E-state index contributed by atoms with van der Waals surface area (Å²) in [5.41, 5.74) is 1.27. The van der Waals surface area contributed by atoms with Gasteiger partial charge < -0.3 is 9.88 Å². The first kappa shape index (κ1) is 10.8. The average molecular weight is 220 g/mol. The highest BCUT2D eigenvalue weighted by molar-refractivity contribution is 5.10. The Bertz CT molecular complexity index is 444. The van der Waals surface area contributed by atoms with E-state index in [-0.39, 0.29) is 0 Å². The maximum atomic E-state index is 4.14. The van der Waals surface area contributed by atoms with Crippen LogP contribution in [0.1, 0.15) is 18.3 Å². The molecule has 0 aliphatic rings. The van der Waals surface area contributed by atoms with Crippen molar-refractivity contribution in [2.24, 2.45) is 7.05 Å². The number of nitrogens with one attached hydrogen (secondary N) is 1. The Morgan fingerprint density at radius 2 is 2.31 bits per heavy atom. The first-order chi connectivity index (χ1) is 7.78. The number of aryl methyl sites for hydroxylation is 1. The average Bonchev–Trinajstić information content (AvgIpc) is 2.86. The monoisotopic (exact) mass is 220 g/mol. The van der Waals surface area contributed by atoms with Gasteiger partial charge >= 0.3 is 0 Å². The van der Waals surface area contributed by atoms with Crippen LogP contribution < -0.4 is 5.32 Å². The molecule has 0 radical (unpaired) electrons. The molecular weight excluding hydrogens is 204 g/mol. The third kappa shape index (κ3) is 2.66. The number of hydrogen-bond acceptors (Lipinski definition) is 4. The number of hydrogen-bond donors (Lipinski definition) is 1. The highest BCUT2D eigenvalue weighted by Gasteiger charge is 2.02. The summed E-state index contributed by atoms with van der Waals surface area (Å²) in [6.07, 6.45) is 4.13. The van der Waals surface area contributed by atoms with Crippen molar-refractivity contribution in [2.75, 3.05) is 6.54 Å². The molecule has 0 aliphatic heterocycles. The molecule has 6 nitrogen and oxygen atoms in total. The van der Waals surface area contributed by atoms with Gasteiger partial charge in [0.2, 0.25) is 0 Å². The summed E-state index contributed by atoms with van der Waals surface area (Å²) in [4.78, 5) is 1.47. The number of rotatable bonds is 5. The van der Waals surface area contributed by atoms with Gasteiger partial charge in [-0.05, 0) is 23.4 Å². The second kappa shape index (κ2) is 4.89. The molecule has 2 aromatic rings. The number of aromatic nitrogens is 5. The summed E-state index contributed by atoms with van der Waals surface area (Å²) in [6.45, 7) is 4.65. The molecule has 2 aromatic heterocycles. The molecule has 0 unspecified atom stereocenters. The van der Waals surface area contributed by atoms with E-state index < -0.39 is 0 Å². The topological polar surface area (TPSA) is 60.6 Å². The Morgan fingerprint density at radius 1 is 1.44 bits per heavy atom. The molecule has 86 valence electrons. The van der Waals surface area contributed by atoms with Crippen molar-refractivity contribution in [3.05, 3.63) is 29.8 Å². The zero-order chi connectivity index (χ0) is 11.4. The molecule has 6 heteroatoms. The molecule has 0 aromatic carbocycles. The summed E-state index contributed by atoms with van der Waals surface area (Å²) >= 11 is 0. The number of tetrazole rings is 1. The lowest BCUT2D eigenvalue weighted by molar-refractivity contribution is 0.625. The van der Waals surface area contributed by atoms with Crippen molar-refractivity contribution >= 4 is 0 Å². The van der Waals surface area contributed by atoms with Crippen molar-refractivity contribution in [3.8, 4) is 0 Å². The van der Waals surface area contributed by atoms with E-state index in [1.54, 1.807) is 7.05 Å². The van der Waals surface area contributed by atoms with Gasteiger partial charge in [-0.15, -0.1) is 10.2 Å². The maximum Gasteiger partial charge on any atom is 0.194 e. The first-order valence-electron chi connectivity index (χ1n) is 5.36. The van der Waals surface area contributed by atoms with Crippen LogP contribution in [0.15, 0.2) is 18.5 Å². The van der Waals surface area contributed by atoms with E-state index >= 15 is 0 Å². The van der Waals surface area contributed by atoms with Crippen LogP contribution in [-0.4, -0.2) is 31.3 Å². The van der Waals surface area contributed by atoms with E-state index in [2.05, 4.69) is 44.5 Å². The van der Waals surface area contributed by atoms with Gasteiger partial charge in [-0.3, -0.25) is 0 Å². The van der Waals surface area contributed by atoms with Gasteiger partial charge in [-0.25, -0.2) is 0 Å². The maximum absolute atomic E-state index is 4.14. The summed E-state index contributed by atoms with van der Waals surface area (Å²) in [5.74, 6) is 0.730. The Hall–Kier alpha value is -1.69. The van der Waals surface area contributed by atoms with Crippen LogP contribution in [0.3, 0.4) is 0 Å². The molecule has 0 amide bonds. The Morgan fingerprint density at radius 3 is 3.00 bits per heavy atom. The van der Waals surface area contributed by atoms with Crippen molar-refractivity contribution < 1.29 is 0 Å². The first-order valence-corrected chi connectivity index (χ1v) is 5.36. The van der Waals surface area contributed by atoms with Crippen molar-refractivity contribution in [1.29, 1.82) is 0 Å². The lowest BCUT2D eigenvalue weighted by Crippen LogP contribution is -2.11. The summed E-state index contributed by atoms with van der Waals surface area (Å²) in [6, 6.07) is 2.10. The van der Waals surface area contributed by atoms with E-state index in [0.29, 0.717) is 6.54 Å². The fourth-order valence-electron chi connectivity index (χ4n) is 1.51. The van der Waals surface area contributed by atoms with Crippen molar-refractivity contribution in [3.63, 3.8) is 0 Å². The zero-order valence-corrected chi connectivity index (χ0v) is 9.59. The molecule has 1 N–H and O–H groups in total. The lowest BCUT2D eigenvalue weighted by atomic mass is 10.3. The highest BCUT2D eigenvalue weighted by Crippen LogP contribution is 2.02. The molecule has 16 heavy (non-hydrogen) atoms. The third-order valence-electron chi connectivity index (χ3n) is 2.26. The fraction of sp³-hybridized carbons (Fsp3) is 0.500. The highest BCUT2D eigenvalue weighted by atomic mass is 15.6. The van der Waals surface area contributed by atoms with Gasteiger partial charge in [0.1, 0.15) is 0 Å². The molecule has 0 saturated heterocycles. The molecule has 0 spiro atoms. The van der Waals surface area contributed by atoms with Gasteiger partial charge in [0.15, 0.2) is 5.82 Å². The number of nitrogens with zero attached hydrogens (tertiary/aromatic N) is 5. The fourth-order valence-corrected chi connectivity index (χ4v) is 1.51. The third-order valence-corrected chi connectivity index (χ3v) is 2.26. The predicted octanol–water partition coefficient (Wildman–Crippen LogP) is 0.169. The molecule has 0 saturated carbocycles. The van der Waals surface area contributed by atoms with Gasteiger partial charge in [0, 0.05) is 18.9 Å². The Kier molecular flexibility index (Phi) is 3.31. The van der Waals surface area contributed by atoms with Gasteiger partial charge in [-0.2, -0.15) is 4.80 Å². The molecule has 0 aliphatic carbocycles. The lowest BCUT2D eigenvalue weighted by Gasteiger charge is -1.98. The second-order valence-corrected chi connectivity index (χ2v) is 3.67. The van der Waals surface area contributed by atoms with Gasteiger partial charge in [0.25, 0.3) is 0 Å². The second-order valence-electron chi connectivity index (χ2n) is 3.67. The molecular formula is C10H16N6. The molecule has 2 rings (SSSR count). The van der Waals surface area contributed by atoms with Crippen LogP contribution in [-0.2, 0) is 20.1 Å². The molecule has 0 fully saturated rings. The van der Waals surface area contributed by atoms with Crippen LogP contribution in [0.2, 0.25) is 0 Å². The minimum absolute atomic E-state index is 0.667. The van der Waals surface area contributed by atoms with Crippen molar-refractivity contribution in [1.82, 2.24) is 30.1 Å². The molecule has 0 bridgehead atoms. The minimum atomic E-state index is 0.667. The SMILES string of the molecule is CCNCc1ccn(Cc2nnn(C)n2)c1. The summed E-state index contributed by atoms with van der Waals surface area (Å²) < 4.78 is 2.06. The molecule has 2 heterocycles. The molecule has 0 atom stereocenters. The predicted molar refractivity (Wildman–Crippen MR) is 59.7 cm³/mol. The Balaban J connectivity index is 1.97. The van der Waals surface area contributed by atoms with Crippen LogP contribution in [0.5, 0.6) is 0 Å². The van der Waals surface area contributed by atoms with E-state index in [9.17, 15) is 0 Å². The smallest absolute Gasteiger partial charge is 0.194 e. The Labute approximate surface area is 94.3 Å². The standard InChI is InChI=1S/C10H16N6/c1-3-11-6-9-4-5-16(7-9)8-10-12-14-15(2)13-10/h4-5,7,11H,3,6,8H2,1-2H3.